The molecule has 0 aliphatic carbocycles. The number of aliphatic hydroxyl groups excluding tert-OH is 1. The van der Waals surface area contributed by atoms with Crippen molar-refractivity contribution in [3.05, 3.63) is 52.2 Å². The van der Waals surface area contributed by atoms with E-state index >= 15 is 0 Å². The molecule has 2 rings (SSSR count). The maximum absolute atomic E-state index is 9.66. The van der Waals surface area contributed by atoms with Gasteiger partial charge in [0.15, 0.2) is 0 Å². The van der Waals surface area contributed by atoms with Crippen molar-refractivity contribution >= 4 is 11.3 Å². The summed E-state index contributed by atoms with van der Waals surface area (Å²) in [7, 11) is 0. The molecule has 2 nitrogen and oxygen atoms in total. The first-order valence-electron chi connectivity index (χ1n) is 5.73. The Bertz CT molecular complexity index is 434. The fourth-order valence-corrected chi connectivity index (χ4v) is 2.19. The van der Waals surface area contributed by atoms with E-state index in [2.05, 4.69) is 6.07 Å². The Kier molecular flexibility index (Phi) is 4.18. The molecule has 2 aromatic rings. The lowest BCUT2D eigenvalue weighted by Crippen LogP contribution is -1.96. The van der Waals surface area contributed by atoms with E-state index in [1.807, 2.05) is 42.6 Å². The third-order valence-electron chi connectivity index (χ3n) is 2.61. The monoisotopic (exact) mass is 248 g/mol. The number of hydrogen-bond donors (Lipinski definition) is 1. The van der Waals surface area contributed by atoms with Crippen molar-refractivity contribution in [2.75, 3.05) is 0 Å². The van der Waals surface area contributed by atoms with Gasteiger partial charge < -0.3 is 9.84 Å². The van der Waals surface area contributed by atoms with Crippen LogP contribution < -0.4 is 4.74 Å². The largest absolute Gasteiger partial charge is 0.488 e. The van der Waals surface area contributed by atoms with E-state index in [9.17, 15) is 5.11 Å². The van der Waals surface area contributed by atoms with Crippen molar-refractivity contribution in [2.24, 2.45) is 0 Å². The SMILES string of the molecule is CC[C@H](O)c1ccc(OCc2cccs2)cc1. The molecule has 1 aromatic carbocycles. The molecule has 0 amide bonds. The van der Waals surface area contributed by atoms with Gasteiger partial charge in [-0.1, -0.05) is 25.1 Å². The summed E-state index contributed by atoms with van der Waals surface area (Å²) in [4.78, 5) is 1.21. The van der Waals surface area contributed by atoms with Gasteiger partial charge in [-0.2, -0.15) is 0 Å². The van der Waals surface area contributed by atoms with Gasteiger partial charge in [-0.15, -0.1) is 11.3 Å². The average molecular weight is 248 g/mol. The number of thiophene rings is 1. The van der Waals surface area contributed by atoms with Crippen LogP contribution in [0.4, 0.5) is 0 Å². The predicted molar refractivity (Wildman–Crippen MR) is 70.3 cm³/mol. The Morgan fingerprint density at radius 3 is 2.59 bits per heavy atom. The van der Waals surface area contributed by atoms with Crippen molar-refractivity contribution in [1.82, 2.24) is 0 Å². The highest BCUT2D eigenvalue weighted by molar-refractivity contribution is 7.09. The molecule has 0 saturated carbocycles. The standard InChI is InChI=1S/C14H16O2S/c1-2-14(15)11-5-7-12(8-6-11)16-10-13-4-3-9-17-13/h3-9,14-15H,2,10H2,1H3/t14-/m0/s1. The fraction of sp³-hybridized carbons (Fsp3) is 0.286. The van der Waals surface area contributed by atoms with Crippen LogP contribution in [-0.2, 0) is 6.61 Å². The normalized spacial score (nSPS) is 12.4. The highest BCUT2D eigenvalue weighted by Gasteiger charge is 2.04. The highest BCUT2D eigenvalue weighted by atomic mass is 32.1. The van der Waals surface area contributed by atoms with E-state index in [-0.39, 0.29) is 6.10 Å². The lowest BCUT2D eigenvalue weighted by Gasteiger charge is -2.09. The summed E-state index contributed by atoms with van der Waals surface area (Å²) in [5, 5.41) is 11.7. The first-order chi connectivity index (χ1) is 8.29. The number of rotatable bonds is 5. The Labute approximate surface area is 105 Å². The lowest BCUT2D eigenvalue weighted by atomic mass is 10.1. The van der Waals surface area contributed by atoms with Crippen LogP contribution in [0.15, 0.2) is 41.8 Å². The van der Waals surface area contributed by atoms with Gasteiger partial charge in [0, 0.05) is 4.88 Å². The Morgan fingerprint density at radius 1 is 1.24 bits per heavy atom. The molecule has 3 heteroatoms. The molecular formula is C14H16O2S. The summed E-state index contributed by atoms with van der Waals surface area (Å²) in [5.41, 5.74) is 0.941. The first kappa shape index (κ1) is 12.1. The quantitative estimate of drug-likeness (QED) is 0.872. The zero-order chi connectivity index (χ0) is 12.1. The molecule has 0 aliphatic rings. The van der Waals surface area contributed by atoms with Crippen molar-refractivity contribution in [3.8, 4) is 5.75 Å². The Morgan fingerprint density at radius 2 is 2.00 bits per heavy atom. The summed E-state index contributed by atoms with van der Waals surface area (Å²) < 4.78 is 5.65. The molecule has 90 valence electrons. The second-order valence-corrected chi connectivity index (χ2v) is 4.89. The van der Waals surface area contributed by atoms with Crippen LogP contribution in [0.3, 0.4) is 0 Å². The molecule has 0 radical (unpaired) electrons. The van der Waals surface area contributed by atoms with Gasteiger partial charge in [0.2, 0.25) is 0 Å². The molecule has 17 heavy (non-hydrogen) atoms. The number of ether oxygens (including phenoxy) is 1. The van der Waals surface area contributed by atoms with Crippen LogP contribution in [-0.4, -0.2) is 5.11 Å². The minimum atomic E-state index is -0.374. The topological polar surface area (TPSA) is 29.5 Å². The number of benzene rings is 1. The van der Waals surface area contributed by atoms with Gasteiger partial charge >= 0.3 is 0 Å². The zero-order valence-corrected chi connectivity index (χ0v) is 10.6. The lowest BCUT2D eigenvalue weighted by molar-refractivity contribution is 0.173. The smallest absolute Gasteiger partial charge is 0.122 e. The molecule has 0 bridgehead atoms. The maximum Gasteiger partial charge on any atom is 0.122 e. The van der Waals surface area contributed by atoms with Gasteiger partial charge in [-0.05, 0) is 35.6 Å². The van der Waals surface area contributed by atoms with Gasteiger partial charge in [0.25, 0.3) is 0 Å². The molecule has 0 saturated heterocycles. The third kappa shape index (κ3) is 3.32. The summed E-state index contributed by atoms with van der Waals surface area (Å²) in [5.74, 6) is 0.838. The summed E-state index contributed by atoms with van der Waals surface area (Å²) in [6.07, 6.45) is 0.358. The Balaban J connectivity index is 1.94. The van der Waals surface area contributed by atoms with Crippen molar-refractivity contribution < 1.29 is 9.84 Å². The predicted octanol–water partition coefficient (Wildman–Crippen LogP) is 3.77. The van der Waals surface area contributed by atoms with Crippen LogP contribution in [0.2, 0.25) is 0 Å². The molecule has 0 unspecified atom stereocenters. The average Bonchev–Trinajstić information content (AvgIpc) is 2.89. The molecule has 1 atom stereocenters. The number of aliphatic hydroxyl groups is 1. The highest BCUT2D eigenvalue weighted by Crippen LogP contribution is 2.21. The maximum atomic E-state index is 9.66. The summed E-state index contributed by atoms with van der Waals surface area (Å²) in [6, 6.07) is 11.7. The van der Waals surface area contributed by atoms with E-state index in [0.717, 1.165) is 17.7 Å². The molecule has 1 heterocycles. The zero-order valence-electron chi connectivity index (χ0n) is 9.80. The van der Waals surface area contributed by atoms with Crippen molar-refractivity contribution in [3.63, 3.8) is 0 Å². The van der Waals surface area contributed by atoms with E-state index in [1.54, 1.807) is 11.3 Å². The van der Waals surface area contributed by atoms with Crippen LogP contribution in [0, 0.1) is 0 Å². The molecular weight excluding hydrogens is 232 g/mol. The van der Waals surface area contributed by atoms with Crippen LogP contribution in [0.1, 0.15) is 29.9 Å². The minimum Gasteiger partial charge on any atom is -0.488 e. The first-order valence-corrected chi connectivity index (χ1v) is 6.60. The van der Waals surface area contributed by atoms with E-state index in [4.69, 9.17) is 4.74 Å². The molecule has 1 N–H and O–H groups in total. The van der Waals surface area contributed by atoms with Crippen molar-refractivity contribution in [2.45, 2.75) is 26.1 Å². The molecule has 0 fully saturated rings. The molecule has 1 aromatic heterocycles. The summed E-state index contributed by atoms with van der Waals surface area (Å²) >= 11 is 1.69. The Hall–Kier alpha value is -1.32. The molecule has 0 aliphatic heterocycles. The van der Waals surface area contributed by atoms with E-state index in [1.165, 1.54) is 4.88 Å². The van der Waals surface area contributed by atoms with Gasteiger partial charge in [-0.25, -0.2) is 0 Å². The van der Waals surface area contributed by atoms with E-state index in [0.29, 0.717) is 6.61 Å². The van der Waals surface area contributed by atoms with Crippen LogP contribution in [0.5, 0.6) is 5.75 Å². The van der Waals surface area contributed by atoms with Gasteiger partial charge in [0.05, 0.1) is 6.10 Å². The summed E-state index contributed by atoms with van der Waals surface area (Å²) in [6.45, 7) is 2.57. The second kappa shape index (κ2) is 5.84. The minimum absolute atomic E-state index is 0.374. The number of hydrogen-bond acceptors (Lipinski definition) is 3. The van der Waals surface area contributed by atoms with Crippen LogP contribution in [0.25, 0.3) is 0 Å². The second-order valence-electron chi connectivity index (χ2n) is 3.86. The van der Waals surface area contributed by atoms with Crippen molar-refractivity contribution in [1.29, 1.82) is 0 Å². The van der Waals surface area contributed by atoms with Gasteiger partial charge in [-0.3, -0.25) is 0 Å². The third-order valence-corrected chi connectivity index (χ3v) is 3.46. The van der Waals surface area contributed by atoms with Crippen LogP contribution >= 0.6 is 11.3 Å². The van der Waals surface area contributed by atoms with Gasteiger partial charge in [0.1, 0.15) is 12.4 Å². The molecule has 0 spiro atoms. The van der Waals surface area contributed by atoms with E-state index < -0.39 is 0 Å². The fourth-order valence-electron chi connectivity index (χ4n) is 1.57.